The molecule has 5 nitrogen and oxygen atoms in total. The maximum absolute atomic E-state index is 13.6. The van der Waals surface area contributed by atoms with E-state index in [9.17, 15) is 13.2 Å². The normalized spacial score (nSPS) is 14.7. The highest BCUT2D eigenvalue weighted by molar-refractivity contribution is 7.92. The van der Waals surface area contributed by atoms with Gasteiger partial charge in [0.1, 0.15) is 6.54 Å². The van der Waals surface area contributed by atoms with E-state index in [4.69, 9.17) is 0 Å². The Morgan fingerprint density at radius 2 is 1.44 bits per heavy atom. The lowest BCUT2D eigenvalue weighted by atomic mass is 9.90. The van der Waals surface area contributed by atoms with Crippen molar-refractivity contribution in [2.45, 2.75) is 38.0 Å². The van der Waals surface area contributed by atoms with Gasteiger partial charge in [0.2, 0.25) is 5.91 Å². The van der Waals surface area contributed by atoms with Gasteiger partial charge in [-0.15, -0.1) is 0 Å². The van der Waals surface area contributed by atoms with Crippen LogP contribution in [0.25, 0.3) is 0 Å². The van der Waals surface area contributed by atoms with Gasteiger partial charge >= 0.3 is 0 Å². The van der Waals surface area contributed by atoms with E-state index in [0.717, 1.165) is 30.4 Å². The molecule has 0 aliphatic carbocycles. The van der Waals surface area contributed by atoms with Crippen molar-refractivity contribution in [1.82, 2.24) is 4.90 Å². The summed E-state index contributed by atoms with van der Waals surface area (Å²) in [7, 11) is -3.89. The molecule has 0 N–H and O–H groups in total. The number of nitrogens with zero attached hydrogens (tertiary/aromatic N) is 2. The molecular weight excluding hydrogens is 444 g/mol. The monoisotopic (exact) mass is 476 g/mol. The number of sulfonamides is 1. The second kappa shape index (κ2) is 10.4. The molecule has 0 atom stereocenters. The molecule has 0 bridgehead atoms. The van der Waals surface area contributed by atoms with Crippen LogP contribution >= 0.6 is 0 Å². The molecule has 3 aromatic rings. The van der Waals surface area contributed by atoms with Crippen LogP contribution in [-0.2, 0) is 21.2 Å². The second-order valence-corrected chi connectivity index (χ2v) is 11.0. The summed E-state index contributed by atoms with van der Waals surface area (Å²) in [5.74, 6) is 0.381. The quantitative estimate of drug-likeness (QED) is 0.483. The van der Waals surface area contributed by atoms with Crippen molar-refractivity contribution in [2.75, 3.05) is 23.9 Å². The Kier molecular flexibility index (Phi) is 7.37. The van der Waals surface area contributed by atoms with E-state index in [2.05, 4.69) is 24.3 Å². The summed E-state index contributed by atoms with van der Waals surface area (Å²) in [6, 6.07) is 24.4. The zero-order valence-corrected chi connectivity index (χ0v) is 20.7. The van der Waals surface area contributed by atoms with Gasteiger partial charge < -0.3 is 4.90 Å². The van der Waals surface area contributed by atoms with E-state index in [1.807, 2.05) is 43.0 Å². The molecule has 1 heterocycles. The van der Waals surface area contributed by atoms with E-state index in [1.165, 1.54) is 9.87 Å². The number of rotatable bonds is 7. The van der Waals surface area contributed by atoms with E-state index >= 15 is 0 Å². The van der Waals surface area contributed by atoms with Gasteiger partial charge in [-0.1, -0.05) is 54.6 Å². The van der Waals surface area contributed by atoms with Crippen LogP contribution in [0.5, 0.6) is 0 Å². The largest absolute Gasteiger partial charge is 0.341 e. The highest BCUT2D eigenvalue weighted by atomic mass is 32.2. The summed E-state index contributed by atoms with van der Waals surface area (Å²) in [5.41, 5.74) is 3.76. The molecule has 178 valence electrons. The minimum atomic E-state index is -3.89. The Balaban J connectivity index is 1.51. The van der Waals surface area contributed by atoms with Crippen molar-refractivity contribution in [2.24, 2.45) is 5.92 Å². The third kappa shape index (κ3) is 5.68. The number of benzene rings is 3. The summed E-state index contributed by atoms with van der Waals surface area (Å²) in [6.07, 6.45) is 2.87. The highest BCUT2D eigenvalue weighted by Crippen LogP contribution is 2.27. The number of hydrogen-bond acceptors (Lipinski definition) is 3. The van der Waals surface area contributed by atoms with Crippen LogP contribution in [0.1, 0.15) is 29.5 Å². The fourth-order valence-electron chi connectivity index (χ4n) is 4.69. The van der Waals surface area contributed by atoms with Gasteiger partial charge in [0.25, 0.3) is 10.0 Å². The van der Waals surface area contributed by atoms with E-state index in [-0.39, 0.29) is 17.3 Å². The van der Waals surface area contributed by atoms with Crippen LogP contribution in [0.4, 0.5) is 5.69 Å². The predicted molar refractivity (Wildman–Crippen MR) is 136 cm³/mol. The molecule has 0 unspecified atom stereocenters. The fourth-order valence-corrected chi connectivity index (χ4v) is 6.11. The Bertz CT molecular complexity index is 1200. The van der Waals surface area contributed by atoms with Crippen LogP contribution in [0.2, 0.25) is 0 Å². The zero-order chi connectivity index (χ0) is 24.1. The molecule has 1 aliphatic heterocycles. The SMILES string of the molecule is Cc1cc(C)cc(N(CC(=O)N2CCC(Cc3ccccc3)CC2)S(=O)(=O)c2ccccc2)c1. The Morgan fingerprint density at radius 3 is 2.03 bits per heavy atom. The van der Waals surface area contributed by atoms with Crippen LogP contribution < -0.4 is 4.31 Å². The van der Waals surface area contributed by atoms with E-state index in [0.29, 0.717) is 24.7 Å². The third-order valence-electron chi connectivity index (χ3n) is 6.44. The molecule has 3 aromatic carbocycles. The van der Waals surface area contributed by atoms with Crippen LogP contribution in [0, 0.1) is 19.8 Å². The number of carbonyl (C=O) groups excluding carboxylic acids is 1. The van der Waals surface area contributed by atoms with Gasteiger partial charge in [0, 0.05) is 13.1 Å². The lowest BCUT2D eigenvalue weighted by Gasteiger charge is -2.34. The minimum absolute atomic E-state index is 0.156. The molecule has 6 heteroatoms. The van der Waals surface area contributed by atoms with Crippen molar-refractivity contribution < 1.29 is 13.2 Å². The number of anilines is 1. The maximum atomic E-state index is 13.6. The molecule has 0 saturated carbocycles. The van der Waals surface area contributed by atoms with Gasteiger partial charge in [0.05, 0.1) is 10.6 Å². The minimum Gasteiger partial charge on any atom is -0.341 e. The van der Waals surface area contributed by atoms with E-state index in [1.54, 1.807) is 30.3 Å². The summed E-state index contributed by atoms with van der Waals surface area (Å²) >= 11 is 0. The second-order valence-electron chi connectivity index (χ2n) is 9.18. The van der Waals surface area contributed by atoms with Crippen molar-refractivity contribution in [1.29, 1.82) is 0 Å². The first-order valence-corrected chi connectivity index (χ1v) is 13.2. The average Bonchev–Trinajstić information content (AvgIpc) is 2.83. The van der Waals surface area contributed by atoms with Crippen LogP contribution in [-0.4, -0.2) is 38.9 Å². The zero-order valence-electron chi connectivity index (χ0n) is 19.9. The standard InChI is InChI=1S/C28H32N2O3S/c1-22-17-23(2)19-26(18-22)30(34(32,33)27-11-7-4-8-12-27)21-28(31)29-15-13-25(14-16-29)20-24-9-5-3-6-10-24/h3-12,17-19,25H,13-16,20-21H2,1-2H3. The van der Waals surface area contributed by atoms with Crippen molar-refractivity contribution in [3.05, 3.63) is 95.6 Å². The topological polar surface area (TPSA) is 57.7 Å². The Hall–Kier alpha value is -3.12. The van der Waals surface area contributed by atoms with Crippen LogP contribution in [0.3, 0.4) is 0 Å². The van der Waals surface area contributed by atoms with Gasteiger partial charge in [-0.3, -0.25) is 9.10 Å². The molecule has 1 fully saturated rings. The number of carbonyl (C=O) groups is 1. The van der Waals surface area contributed by atoms with Crippen molar-refractivity contribution in [3.63, 3.8) is 0 Å². The van der Waals surface area contributed by atoms with Crippen molar-refractivity contribution >= 4 is 21.6 Å². The first kappa shape index (κ1) is 24.0. The van der Waals surface area contributed by atoms with Gasteiger partial charge in [-0.05, 0) is 80.0 Å². The Morgan fingerprint density at radius 1 is 0.882 bits per heavy atom. The molecule has 0 aromatic heterocycles. The first-order valence-electron chi connectivity index (χ1n) is 11.8. The summed E-state index contributed by atoms with van der Waals surface area (Å²) in [6.45, 7) is 4.97. The number of amides is 1. The maximum Gasteiger partial charge on any atom is 0.264 e. The molecular formula is C28H32N2O3S. The summed E-state index contributed by atoms with van der Waals surface area (Å²) in [4.78, 5) is 15.3. The smallest absolute Gasteiger partial charge is 0.264 e. The fraction of sp³-hybridized carbons (Fsp3) is 0.321. The molecule has 34 heavy (non-hydrogen) atoms. The molecule has 0 spiro atoms. The highest BCUT2D eigenvalue weighted by Gasteiger charge is 2.30. The summed E-state index contributed by atoms with van der Waals surface area (Å²) in [5, 5.41) is 0. The lowest BCUT2D eigenvalue weighted by molar-refractivity contribution is -0.130. The van der Waals surface area contributed by atoms with Crippen molar-refractivity contribution in [3.8, 4) is 0 Å². The number of hydrogen-bond donors (Lipinski definition) is 0. The molecule has 1 saturated heterocycles. The van der Waals surface area contributed by atoms with Gasteiger partial charge in [0.15, 0.2) is 0 Å². The van der Waals surface area contributed by atoms with Gasteiger partial charge in [-0.2, -0.15) is 0 Å². The number of likely N-dealkylation sites (tertiary alicyclic amines) is 1. The van der Waals surface area contributed by atoms with Crippen LogP contribution in [0.15, 0.2) is 83.8 Å². The third-order valence-corrected chi connectivity index (χ3v) is 8.23. The Labute approximate surface area is 203 Å². The van der Waals surface area contributed by atoms with Gasteiger partial charge in [-0.25, -0.2) is 8.42 Å². The average molecular weight is 477 g/mol. The predicted octanol–water partition coefficient (Wildman–Crippen LogP) is 4.98. The van der Waals surface area contributed by atoms with E-state index < -0.39 is 10.0 Å². The summed E-state index contributed by atoms with van der Waals surface area (Å²) < 4.78 is 28.4. The number of aryl methyl sites for hydroxylation is 2. The molecule has 1 aliphatic rings. The molecule has 1 amide bonds. The lowest BCUT2D eigenvalue weighted by Crippen LogP contribution is -2.46. The number of piperidine rings is 1. The molecule has 4 rings (SSSR count). The first-order chi connectivity index (χ1) is 16.3. The molecule has 0 radical (unpaired) electrons.